The Bertz CT molecular complexity index is 645. The quantitative estimate of drug-likeness (QED) is 0.857. The number of aromatic nitrogens is 3. The van der Waals surface area contributed by atoms with Crippen LogP contribution < -0.4 is 11.1 Å². The van der Waals surface area contributed by atoms with Crippen molar-refractivity contribution < 1.29 is 4.79 Å². The molecule has 0 fully saturated rings. The van der Waals surface area contributed by atoms with E-state index < -0.39 is 0 Å². The van der Waals surface area contributed by atoms with Crippen LogP contribution in [0.3, 0.4) is 0 Å². The monoisotopic (exact) mass is 259 g/mol. The fourth-order valence-electron chi connectivity index (χ4n) is 1.92. The van der Waals surface area contributed by atoms with Gasteiger partial charge in [0.2, 0.25) is 0 Å². The first-order valence-corrected chi connectivity index (χ1v) is 5.94. The van der Waals surface area contributed by atoms with Crippen molar-refractivity contribution in [2.75, 3.05) is 11.1 Å². The minimum atomic E-state index is -0.209. The van der Waals surface area contributed by atoms with E-state index in [-0.39, 0.29) is 5.91 Å². The van der Waals surface area contributed by atoms with E-state index in [2.05, 4.69) is 15.4 Å². The summed E-state index contributed by atoms with van der Waals surface area (Å²) in [4.78, 5) is 16.3. The van der Waals surface area contributed by atoms with E-state index >= 15 is 0 Å². The highest BCUT2D eigenvalue weighted by atomic mass is 16.1. The van der Waals surface area contributed by atoms with Gasteiger partial charge in [-0.25, -0.2) is 4.98 Å². The zero-order valence-electron chi connectivity index (χ0n) is 11.5. The van der Waals surface area contributed by atoms with Crippen molar-refractivity contribution in [1.29, 1.82) is 0 Å². The van der Waals surface area contributed by atoms with Gasteiger partial charge < -0.3 is 11.1 Å². The Morgan fingerprint density at radius 1 is 1.37 bits per heavy atom. The third kappa shape index (κ3) is 2.42. The second-order valence-corrected chi connectivity index (χ2v) is 4.55. The number of nitrogen functional groups attached to an aromatic ring is 1. The Hall–Kier alpha value is -2.37. The van der Waals surface area contributed by atoms with Crippen molar-refractivity contribution in [2.45, 2.75) is 20.8 Å². The van der Waals surface area contributed by atoms with Crippen molar-refractivity contribution in [2.24, 2.45) is 7.05 Å². The molecular weight excluding hydrogens is 242 g/mol. The summed E-state index contributed by atoms with van der Waals surface area (Å²) in [5, 5.41) is 6.98. The van der Waals surface area contributed by atoms with Crippen LogP contribution in [0, 0.1) is 20.8 Å². The van der Waals surface area contributed by atoms with E-state index in [1.807, 2.05) is 27.8 Å². The molecular formula is C13H17N5O. The fourth-order valence-corrected chi connectivity index (χ4v) is 1.92. The molecule has 0 saturated carbocycles. The van der Waals surface area contributed by atoms with Gasteiger partial charge in [0.15, 0.2) is 0 Å². The minimum Gasteiger partial charge on any atom is -0.397 e. The van der Waals surface area contributed by atoms with Crippen LogP contribution >= 0.6 is 0 Å². The molecule has 3 N–H and O–H groups in total. The van der Waals surface area contributed by atoms with Gasteiger partial charge in [-0.3, -0.25) is 9.48 Å². The molecule has 0 aliphatic rings. The van der Waals surface area contributed by atoms with E-state index in [1.54, 1.807) is 10.7 Å². The van der Waals surface area contributed by atoms with Crippen LogP contribution in [0.25, 0.3) is 0 Å². The lowest BCUT2D eigenvalue weighted by atomic mass is 10.2. The lowest BCUT2D eigenvalue weighted by molar-refractivity contribution is 0.102. The van der Waals surface area contributed by atoms with Crippen LogP contribution in [0.5, 0.6) is 0 Å². The first kappa shape index (κ1) is 13.1. The number of nitrogens with zero attached hydrogens (tertiary/aromatic N) is 3. The van der Waals surface area contributed by atoms with Crippen LogP contribution in [0.2, 0.25) is 0 Å². The van der Waals surface area contributed by atoms with Gasteiger partial charge in [-0.2, -0.15) is 5.10 Å². The van der Waals surface area contributed by atoms with Crippen LogP contribution in [0.4, 0.5) is 11.5 Å². The SMILES string of the molecule is Cc1cc(NC(=O)c2c(C)nn(C)c2C)ncc1N. The lowest BCUT2D eigenvalue weighted by Crippen LogP contribution is -2.15. The molecule has 0 radical (unpaired) electrons. The lowest BCUT2D eigenvalue weighted by Gasteiger charge is -2.06. The molecule has 2 aromatic rings. The largest absolute Gasteiger partial charge is 0.397 e. The molecule has 0 aliphatic carbocycles. The average Bonchev–Trinajstić information content (AvgIpc) is 2.58. The van der Waals surface area contributed by atoms with Gasteiger partial charge in [0, 0.05) is 12.7 Å². The second kappa shape index (κ2) is 4.72. The summed E-state index contributed by atoms with van der Waals surface area (Å²) in [6.45, 7) is 5.54. The molecule has 6 nitrogen and oxygen atoms in total. The van der Waals surface area contributed by atoms with Gasteiger partial charge in [0.05, 0.1) is 23.1 Å². The standard InChI is InChI=1S/C13H17N5O/c1-7-5-11(15-6-10(7)14)16-13(19)12-8(2)17-18(4)9(12)3/h5-6H,14H2,1-4H3,(H,15,16,19). The highest BCUT2D eigenvalue weighted by Gasteiger charge is 2.17. The predicted molar refractivity (Wildman–Crippen MR) is 74.0 cm³/mol. The Balaban J connectivity index is 2.28. The second-order valence-electron chi connectivity index (χ2n) is 4.55. The van der Waals surface area contributed by atoms with Gasteiger partial charge in [0.1, 0.15) is 5.82 Å². The first-order chi connectivity index (χ1) is 8.90. The van der Waals surface area contributed by atoms with E-state index in [0.717, 1.165) is 11.3 Å². The number of rotatable bonds is 2. The van der Waals surface area contributed by atoms with Gasteiger partial charge in [-0.1, -0.05) is 0 Å². The maximum Gasteiger partial charge on any atom is 0.260 e. The number of hydrogen-bond donors (Lipinski definition) is 2. The maximum atomic E-state index is 12.2. The molecule has 0 atom stereocenters. The smallest absolute Gasteiger partial charge is 0.260 e. The number of aryl methyl sites for hydroxylation is 3. The van der Waals surface area contributed by atoms with Gasteiger partial charge in [-0.15, -0.1) is 0 Å². The summed E-state index contributed by atoms with van der Waals surface area (Å²) < 4.78 is 1.69. The minimum absolute atomic E-state index is 0.209. The molecule has 6 heteroatoms. The number of amides is 1. The van der Waals surface area contributed by atoms with Crippen LogP contribution in [-0.4, -0.2) is 20.7 Å². The summed E-state index contributed by atoms with van der Waals surface area (Å²) in [5.74, 6) is 0.277. The van der Waals surface area contributed by atoms with Crippen molar-refractivity contribution in [1.82, 2.24) is 14.8 Å². The van der Waals surface area contributed by atoms with E-state index in [4.69, 9.17) is 5.73 Å². The predicted octanol–water partition coefficient (Wildman–Crippen LogP) is 1.57. The Morgan fingerprint density at radius 2 is 2.05 bits per heavy atom. The molecule has 2 heterocycles. The van der Waals surface area contributed by atoms with Crippen LogP contribution in [-0.2, 0) is 7.05 Å². The maximum absolute atomic E-state index is 12.2. The number of nitrogens with one attached hydrogen (secondary N) is 1. The molecule has 2 aromatic heterocycles. The normalized spacial score (nSPS) is 10.5. The number of hydrogen-bond acceptors (Lipinski definition) is 4. The van der Waals surface area contributed by atoms with Crippen molar-refractivity contribution in [3.63, 3.8) is 0 Å². The van der Waals surface area contributed by atoms with Gasteiger partial charge in [-0.05, 0) is 32.4 Å². The summed E-state index contributed by atoms with van der Waals surface area (Å²) in [6.07, 6.45) is 1.54. The molecule has 100 valence electrons. The fraction of sp³-hybridized carbons (Fsp3) is 0.308. The summed E-state index contributed by atoms with van der Waals surface area (Å²) in [6, 6.07) is 1.74. The number of anilines is 2. The van der Waals surface area contributed by atoms with Gasteiger partial charge in [0.25, 0.3) is 5.91 Å². The van der Waals surface area contributed by atoms with Crippen LogP contribution in [0.15, 0.2) is 12.3 Å². The third-order valence-electron chi connectivity index (χ3n) is 3.13. The van der Waals surface area contributed by atoms with Crippen LogP contribution in [0.1, 0.15) is 27.3 Å². The Labute approximate surface area is 111 Å². The van der Waals surface area contributed by atoms with E-state index in [1.165, 1.54) is 6.20 Å². The molecule has 0 aliphatic heterocycles. The summed E-state index contributed by atoms with van der Waals surface area (Å²) >= 11 is 0. The average molecular weight is 259 g/mol. The number of carbonyl (C=O) groups is 1. The molecule has 19 heavy (non-hydrogen) atoms. The summed E-state index contributed by atoms with van der Waals surface area (Å²) in [7, 11) is 1.81. The van der Waals surface area contributed by atoms with E-state index in [9.17, 15) is 4.79 Å². The zero-order valence-corrected chi connectivity index (χ0v) is 11.5. The Morgan fingerprint density at radius 3 is 2.58 bits per heavy atom. The first-order valence-electron chi connectivity index (χ1n) is 5.94. The van der Waals surface area contributed by atoms with Crippen molar-refractivity contribution >= 4 is 17.4 Å². The highest BCUT2D eigenvalue weighted by molar-refractivity contribution is 6.05. The molecule has 0 unspecified atom stereocenters. The topological polar surface area (TPSA) is 85.8 Å². The Kier molecular flexibility index (Phi) is 3.25. The van der Waals surface area contributed by atoms with E-state index in [0.29, 0.717) is 22.8 Å². The number of nitrogens with two attached hydrogens (primary N) is 1. The van der Waals surface area contributed by atoms with Crippen molar-refractivity contribution in [3.8, 4) is 0 Å². The molecule has 2 rings (SSSR count). The molecule has 0 spiro atoms. The number of carbonyl (C=O) groups excluding carboxylic acids is 1. The summed E-state index contributed by atoms with van der Waals surface area (Å²) in [5.41, 5.74) is 9.28. The molecule has 1 amide bonds. The molecule has 0 aromatic carbocycles. The van der Waals surface area contributed by atoms with Gasteiger partial charge >= 0.3 is 0 Å². The molecule has 0 saturated heterocycles. The highest BCUT2D eigenvalue weighted by Crippen LogP contribution is 2.16. The third-order valence-corrected chi connectivity index (χ3v) is 3.13. The molecule has 0 bridgehead atoms. The zero-order chi connectivity index (χ0) is 14.2. The van der Waals surface area contributed by atoms with Crippen molar-refractivity contribution in [3.05, 3.63) is 34.8 Å². The number of pyridine rings is 1.